The van der Waals surface area contributed by atoms with Crippen molar-refractivity contribution in [1.29, 1.82) is 0 Å². The van der Waals surface area contributed by atoms with Crippen LogP contribution < -0.4 is 5.32 Å². The molecule has 1 amide bonds. The predicted octanol–water partition coefficient (Wildman–Crippen LogP) is 8.93. The fourth-order valence-corrected chi connectivity index (χ4v) is 4.83. The van der Waals surface area contributed by atoms with Gasteiger partial charge in [-0.1, -0.05) is 82.7 Å². The van der Waals surface area contributed by atoms with Crippen LogP contribution in [0, 0.1) is 0 Å². The molecule has 0 saturated carbocycles. The molecular formula is C31H20BrNO2. The number of rotatable bonds is 4. The largest absolute Gasteiger partial charge is 0.456 e. The molecule has 0 fully saturated rings. The second kappa shape index (κ2) is 8.90. The molecule has 1 aromatic heterocycles. The Bertz CT molecular complexity index is 1690. The summed E-state index contributed by atoms with van der Waals surface area (Å²) in [7, 11) is 0. The first kappa shape index (κ1) is 21.4. The third-order valence-electron chi connectivity index (χ3n) is 6.18. The summed E-state index contributed by atoms with van der Waals surface area (Å²) in [5, 5.41) is 5.26. The van der Waals surface area contributed by atoms with Crippen LogP contribution in [0.5, 0.6) is 0 Å². The first-order valence-corrected chi connectivity index (χ1v) is 12.1. The first-order valence-electron chi connectivity index (χ1n) is 11.3. The average molecular weight is 518 g/mol. The highest BCUT2D eigenvalue weighted by atomic mass is 79.9. The lowest BCUT2D eigenvalue weighted by molar-refractivity contribution is 0.102. The average Bonchev–Trinajstić information content (AvgIpc) is 3.28. The Balaban J connectivity index is 1.56. The van der Waals surface area contributed by atoms with Crippen LogP contribution in [0.2, 0.25) is 0 Å². The summed E-state index contributed by atoms with van der Waals surface area (Å²) in [5.41, 5.74) is 7.20. The summed E-state index contributed by atoms with van der Waals surface area (Å²) in [5.74, 6) is -0.152. The van der Waals surface area contributed by atoms with E-state index in [9.17, 15) is 4.79 Å². The van der Waals surface area contributed by atoms with E-state index >= 15 is 0 Å². The third-order valence-corrected chi connectivity index (χ3v) is 6.71. The lowest BCUT2D eigenvalue weighted by Gasteiger charge is -2.16. The van der Waals surface area contributed by atoms with Crippen molar-refractivity contribution < 1.29 is 9.21 Å². The molecule has 4 heteroatoms. The van der Waals surface area contributed by atoms with Crippen molar-refractivity contribution in [3.63, 3.8) is 0 Å². The maximum atomic E-state index is 13.1. The highest BCUT2D eigenvalue weighted by molar-refractivity contribution is 9.10. The van der Waals surface area contributed by atoms with Crippen LogP contribution in [0.15, 0.2) is 124 Å². The predicted molar refractivity (Wildman–Crippen MR) is 147 cm³/mol. The van der Waals surface area contributed by atoms with E-state index in [-0.39, 0.29) is 5.91 Å². The number of hydrogen-bond donors (Lipinski definition) is 1. The molecule has 0 radical (unpaired) electrons. The maximum Gasteiger partial charge on any atom is 0.255 e. The molecule has 0 saturated heterocycles. The van der Waals surface area contributed by atoms with Gasteiger partial charge in [0, 0.05) is 37.6 Å². The van der Waals surface area contributed by atoms with Gasteiger partial charge in [0.25, 0.3) is 5.91 Å². The molecule has 0 aliphatic heterocycles. The highest BCUT2D eigenvalue weighted by Gasteiger charge is 2.19. The van der Waals surface area contributed by atoms with E-state index in [0.717, 1.165) is 54.4 Å². The van der Waals surface area contributed by atoms with E-state index in [4.69, 9.17) is 4.42 Å². The molecule has 3 nitrogen and oxygen atoms in total. The van der Waals surface area contributed by atoms with Crippen molar-refractivity contribution in [2.75, 3.05) is 5.32 Å². The molecule has 0 bridgehead atoms. The number of carbonyl (C=O) groups is 1. The Morgan fingerprint density at radius 3 is 2.20 bits per heavy atom. The highest BCUT2D eigenvalue weighted by Crippen LogP contribution is 2.44. The summed E-state index contributed by atoms with van der Waals surface area (Å²) in [4.78, 5) is 13.1. The van der Waals surface area contributed by atoms with Crippen LogP contribution in [0.3, 0.4) is 0 Å². The lowest BCUT2D eigenvalue weighted by atomic mass is 9.90. The molecule has 35 heavy (non-hydrogen) atoms. The molecule has 5 aromatic carbocycles. The van der Waals surface area contributed by atoms with Gasteiger partial charge in [-0.25, -0.2) is 0 Å². The second-order valence-corrected chi connectivity index (χ2v) is 9.25. The molecule has 1 heterocycles. The van der Waals surface area contributed by atoms with Crippen molar-refractivity contribution >= 4 is 49.5 Å². The fraction of sp³-hybridized carbons (Fsp3) is 0. The number of para-hydroxylation sites is 2. The molecule has 1 N–H and O–H groups in total. The Kier molecular flexibility index (Phi) is 5.44. The Morgan fingerprint density at radius 1 is 0.657 bits per heavy atom. The van der Waals surface area contributed by atoms with E-state index in [0.29, 0.717) is 5.56 Å². The van der Waals surface area contributed by atoms with Gasteiger partial charge in [-0.15, -0.1) is 0 Å². The number of furan rings is 1. The first-order chi connectivity index (χ1) is 17.2. The van der Waals surface area contributed by atoms with Crippen molar-refractivity contribution in [3.8, 4) is 22.3 Å². The summed E-state index contributed by atoms with van der Waals surface area (Å²) in [6.07, 6.45) is 0. The van der Waals surface area contributed by atoms with E-state index in [1.807, 2.05) is 78.9 Å². The minimum atomic E-state index is -0.152. The Morgan fingerprint density at radius 2 is 1.37 bits per heavy atom. The van der Waals surface area contributed by atoms with Crippen LogP contribution in [-0.2, 0) is 0 Å². The van der Waals surface area contributed by atoms with Gasteiger partial charge >= 0.3 is 0 Å². The van der Waals surface area contributed by atoms with Gasteiger partial charge in [-0.05, 0) is 59.7 Å². The summed E-state index contributed by atoms with van der Waals surface area (Å²) >= 11 is 3.43. The minimum absolute atomic E-state index is 0.152. The van der Waals surface area contributed by atoms with Gasteiger partial charge < -0.3 is 9.73 Å². The number of amides is 1. The Hall–Kier alpha value is -4.15. The van der Waals surface area contributed by atoms with Crippen LogP contribution in [0.1, 0.15) is 10.4 Å². The van der Waals surface area contributed by atoms with Crippen LogP contribution in [0.25, 0.3) is 44.2 Å². The molecule has 0 unspecified atom stereocenters. The fourth-order valence-electron chi connectivity index (χ4n) is 4.57. The van der Waals surface area contributed by atoms with Crippen LogP contribution >= 0.6 is 15.9 Å². The van der Waals surface area contributed by atoms with Gasteiger partial charge in [0.1, 0.15) is 11.2 Å². The molecule has 0 atom stereocenters. The number of anilines is 1. The van der Waals surface area contributed by atoms with E-state index in [1.54, 1.807) is 12.1 Å². The monoisotopic (exact) mass is 517 g/mol. The molecule has 6 rings (SSSR count). The lowest BCUT2D eigenvalue weighted by Crippen LogP contribution is -2.12. The van der Waals surface area contributed by atoms with Gasteiger partial charge in [0.05, 0.1) is 0 Å². The molecule has 0 aliphatic carbocycles. The number of carbonyl (C=O) groups excluding carboxylic acids is 1. The van der Waals surface area contributed by atoms with Crippen LogP contribution in [-0.4, -0.2) is 5.91 Å². The standard InChI is InChI=1S/C31H20BrNO2/c32-22-16-14-21(15-17-22)31(34)33-26-12-6-4-10-23(26)24-18-19-28-30(25-11-5-7-13-27(25)35-28)29(24)20-8-2-1-3-9-20/h1-19H,(H,33,34). The molecule has 0 spiro atoms. The second-order valence-electron chi connectivity index (χ2n) is 8.33. The van der Waals surface area contributed by atoms with Crippen molar-refractivity contribution in [2.24, 2.45) is 0 Å². The number of nitrogens with one attached hydrogen (secondary N) is 1. The summed E-state index contributed by atoms with van der Waals surface area (Å²) in [6, 6.07) is 37.8. The van der Waals surface area contributed by atoms with Gasteiger partial charge in [-0.3, -0.25) is 4.79 Å². The number of fused-ring (bicyclic) bond motifs is 3. The molecular weight excluding hydrogens is 498 g/mol. The number of hydrogen-bond acceptors (Lipinski definition) is 2. The number of halogens is 1. The van der Waals surface area contributed by atoms with Gasteiger partial charge in [0.2, 0.25) is 0 Å². The quantitative estimate of drug-likeness (QED) is 0.253. The SMILES string of the molecule is O=C(Nc1ccccc1-c1ccc2oc3ccccc3c2c1-c1ccccc1)c1ccc(Br)cc1. The molecule has 0 aliphatic rings. The molecule has 6 aromatic rings. The van der Waals surface area contributed by atoms with Crippen molar-refractivity contribution in [1.82, 2.24) is 0 Å². The van der Waals surface area contributed by atoms with Gasteiger partial charge in [0.15, 0.2) is 0 Å². The third kappa shape index (κ3) is 3.92. The smallest absolute Gasteiger partial charge is 0.255 e. The van der Waals surface area contributed by atoms with E-state index < -0.39 is 0 Å². The van der Waals surface area contributed by atoms with Gasteiger partial charge in [-0.2, -0.15) is 0 Å². The zero-order valence-electron chi connectivity index (χ0n) is 18.7. The van der Waals surface area contributed by atoms with E-state index in [2.05, 4.69) is 45.5 Å². The number of benzene rings is 5. The summed E-state index contributed by atoms with van der Waals surface area (Å²) < 4.78 is 7.13. The Labute approximate surface area is 211 Å². The molecule has 168 valence electrons. The van der Waals surface area contributed by atoms with Crippen molar-refractivity contribution in [3.05, 3.63) is 125 Å². The minimum Gasteiger partial charge on any atom is -0.456 e. The maximum absolute atomic E-state index is 13.1. The van der Waals surface area contributed by atoms with Crippen LogP contribution in [0.4, 0.5) is 5.69 Å². The van der Waals surface area contributed by atoms with Crippen molar-refractivity contribution in [2.45, 2.75) is 0 Å². The summed E-state index contributed by atoms with van der Waals surface area (Å²) in [6.45, 7) is 0. The zero-order chi connectivity index (χ0) is 23.8. The normalized spacial score (nSPS) is 11.1. The van der Waals surface area contributed by atoms with E-state index in [1.165, 1.54) is 0 Å². The zero-order valence-corrected chi connectivity index (χ0v) is 20.3. The topological polar surface area (TPSA) is 42.2 Å².